The molecule has 0 amide bonds. The van der Waals surface area contributed by atoms with Gasteiger partial charge in [-0.1, -0.05) is 19.1 Å². The van der Waals surface area contributed by atoms with Gasteiger partial charge in [-0.25, -0.2) is 13.1 Å². The van der Waals surface area contributed by atoms with Crippen LogP contribution in [-0.2, 0) is 32.7 Å². The van der Waals surface area contributed by atoms with Crippen molar-refractivity contribution in [1.82, 2.24) is 24.9 Å². The van der Waals surface area contributed by atoms with Gasteiger partial charge in [0.15, 0.2) is 18.2 Å². The van der Waals surface area contributed by atoms with Crippen LogP contribution >= 0.6 is 0 Å². The number of hydrogen-bond donors (Lipinski definition) is 1. The number of hydrogen-bond acceptors (Lipinski definition) is 8. The number of rotatable bonds is 9. The summed E-state index contributed by atoms with van der Waals surface area (Å²) in [5, 5.41) is 11.0. The molecule has 0 radical (unpaired) electrons. The Morgan fingerprint density at radius 1 is 1.23 bits per heavy atom. The number of benzene rings is 1. The van der Waals surface area contributed by atoms with Gasteiger partial charge in [0, 0.05) is 12.1 Å². The van der Waals surface area contributed by atoms with E-state index in [2.05, 4.69) is 20.2 Å². The van der Waals surface area contributed by atoms with E-state index in [4.69, 9.17) is 4.74 Å². The van der Waals surface area contributed by atoms with Crippen LogP contribution in [0.3, 0.4) is 0 Å². The summed E-state index contributed by atoms with van der Waals surface area (Å²) in [4.78, 5) is 22.9. The second-order valence-corrected chi connectivity index (χ2v) is 7.15. The highest BCUT2D eigenvalue weighted by Crippen LogP contribution is 2.10. The lowest BCUT2D eigenvalue weighted by atomic mass is 10.2. The SMILES string of the molecule is CCCn1nnnc1COC(=O)CNS(=O)(=O)c1ccc(C(C)=O)cc1. The molecule has 1 N–H and O–H groups in total. The maximum atomic E-state index is 12.1. The summed E-state index contributed by atoms with van der Waals surface area (Å²) in [5.74, 6) is -0.557. The molecule has 1 aromatic carbocycles. The fourth-order valence-corrected chi connectivity index (χ4v) is 2.98. The molecule has 0 aliphatic carbocycles. The van der Waals surface area contributed by atoms with E-state index in [-0.39, 0.29) is 17.3 Å². The van der Waals surface area contributed by atoms with Crippen molar-refractivity contribution in [3.05, 3.63) is 35.7 Å². The maximum absolute atomic E-state index is 12.1. The summed E-state index contributed by atoms with van der Waals surface area (Å²) in [5.41, 5.74) is 0.396. The smallest absolute Gasteiger partial charge is 0.321 e. The number of aryl methyl sites for hydroxylation is 1. The lowest BCUT2D eigenvalue weighted by Crippen LogP contribution is -2.30. The first kappa shape index (κ1) is 19.7. The average molecular weight is 381 g/mol. The zero-order valence-corrected chi connectivity index (χ0v) is 15.2. The molecule has 26 heavy (non-hydrogen) atoms. The molecule has 11 heteroatoms. The maximum Gasteiger partial charge on any atom is 0.321 e. The van der Waals surface area contributed by atoms with Crippen LogP contribution in [0.4, 0.5) is 0 Å². The number of aromatic nitrogens is 4. The van der Waals surface area contributed by atoms with Crippen molar-refractivity contribution < 1.29 is 22.7 Å². The summed E-state index contributed by atoms with van der Waals surface area (Å²) in [6, 6.07) is 5.40. The normalized spacial score (nSPS) is 11.3. The van der Waals surface area contributed by atoms with E-state index in [1.54, 1.807) is 0 Å². The number of tetrazole rings is 1. The molecule has 0 spiro atoms. The number of carbonyl (C=O) groups is 2. The molecule has 0 bridgehead atoms. The van der Waals surface area contributed by atoms with Gasteiger partial charge in [-0.2, -0.15) is 4.72 Å². The van der Waals surface area contributed by atoms with Crippen molar-refractivity contribution in [3.8, 4) is 0 Å². The second kappa shape index (κ2) is 8.63. The fourth-order valence-electron chi connectivity index (χ4n) is 2.01. The van der Waals surface area contributed by atoms with Crippen molar-refractivity contribution in [1.29, 1.82) is 0 Å². The molecular weight excluding hydrogens is 362 g/mol. The third-order valence-electron chi connectivity index (χ3n) is 3.38. The molecule has 0 saturated heterocycles. The van der Waals surface area contributed by atoms with Crippen molar-refractivity contribution in [2.75, 3.05) is 6.54 Å². The van der Waals surface area contributed by atoms with Gasteiger partial charge in [-0.05, 0) is 35.9 Å². The number of Topliss-reactive ketones (excluding diaryl/α,β-unsaturated/α-hetero) is 1. The lowest BCUT2D eigenvalue weighted by Gasteiger charge is -2.08. The Morgan fingerprint density at radius 3 is 2.54 bits per heavy atom. The zero-order chi connectivity index (χ0) is 19.2. The van der Waals surface area contributed by atoms with E-state index in [1.165, 1.54) is 35.9 Å². The van der Waals surface area contributed by atoms with Crippen LogP contribution < -0.4 is 4.72 Å². The first-order valence-electron chi connectivity index (χ1n) is 7.85. The van der Waals surface area contributed by atoms with Crippen LogP contribution in [0.1, 0.15) is 36.5 Å². The van der Waals surface area contributed by atoms with E-state index >= 15 is 0 Å². The van der Waals surface area contributed by atoms with Crippen LogP contribution in [-0.4, -0.2) is 46.9 Å². The number of ketones is 1. The summed E-state index contributed by atoms with van der Waals surface area (Å²) >= 11 is 0. The second-order valence-electron chi connectivity index (χ2n) is 5.38. The standard InChI is InChI=1S/C15H19N5O5S/c1-3-8-20-14(17-18-19-20)10-25-15(22)9-16-26(23,24)13-6-4-12(5-7-13)11(2)21/h4-7,16H,3,8-10H2,1-2H3. The molecule has 0 aliphatic rings. The highest BCUT2D eigenvalue weighted by Gasteiger charge is 2.17. The van der Waals surface area contributed by atoms with Gasteiger partial charge in [0.2, 0.25) is 10.0 Å². The zero-order valence-electron chi connectivity index (χ0n) is 14.4. The van der Waals surface area contributed by atoms with Crippen molar-refractivity contribution in [3.63, 3.8) is 0 Å². The Morgan fingerprint density at radius 2 is 1.92 bits per heavy atom. The highest BCUT2D eigenvalue weighted by atomic mass is 32.2. The van der Waals surface area contributed by atoms with Gasteiger partial charge in [-0.3, -0.25) is 9.59 Å². The molecule has 1 aromatic heterocycles. The molecule has 2 rings (SSSR count). The molecule has 2 aromatic rings. The molecule has 0 unspecified atom stereocenters. The predicted octanol–water partition coefficient (Wildman–Crippen LogP) is 0.307. The van der Waals surface area contributed by atoms with E-state index in [1.807, 2.05) is 6.92 Å². The van der Waals surface area contributed by atoms with E-state index in [0.29, 0.717) is 17.9 Å². The monoisotopic (exact) mass is 381 g/mol. The Balaban J connectivity index is 1.89. The van der Waals surface area contributed by atoms with Crippen LogP contribution in [0.5, 0.6) is 0 Å². The molecule has 0 fully saturated rings. The first-order chi connectivity index (χ1) is 12.3. The van der Waals surface area contributed by atoms with Crippen LogP contribution in [0.2, 0.25) is 0 Å². The molecule has 0 atom stereocenters. The van der Waals surface area contributed by atoms with E-state index < -0.39 is 22.5 Å². The average Bonchev–Trinajstić information content (AvgIpc) is 3.06. The molecular formula is C15H19N5O5S. The van der Waals surface area contributed by atoms with Crippen molar-refractivity contribution in [2.45, 2.75) is 38.3 Å². The van der Waals surface area contributed by atoms with Gasteiger partial charge in [-0.15, -0.1) is 5.10 Å². The summed E-state index contributed by atoms with van der Waals surface area (Å²) in [6.45, 7) is 3.24. The Hall–Kier alpha value is -2.66. The third kappa shape index (κ3) is 5.17. The Kier molecular flexibility index (Phi) is 6.52. The van der Waals surface area contributed by atoms with Gasteiger partial charge in [0.1, 0.15) is 6.54 Å². The number of ether oxygens (including phenoxy) is 1. The van der Waals surface area contributed by atoms with E-state index in [9.17, 15) is 18.0 Å². The quantitative estimate of drug-likeness (QED) is 0.484. The summed E-state index contributed by atoms with van der Waals surface area (Å²) < 4.78 is 32.9. The molecule has 0 aliphatic heterocycles. The van der Waals surface area contributed by atoms with Crippen LogP contribution in [0.15, 0.2) is 29.2 Å². The first-order valence-corrected chi connectivity index (χ1v) is 9.33. The van der Waals surface area contributed by atoms with Gasteiger partial charge < -0.3 is 4.74 Å². The topological polar surface area (TPSA) is 133 Å². The fraction of sp³-hybridized carbons (Fsp3) is 0.400. The minimum absolute atomic E-state index is 0.0535. The highest BCUT2D eigenvalue weighted by molar-refractivity contribution is 7.89. The van der Waals surface area contributed by atoms with Gasteiger partial charge in [0.05, 0.1) is 4.90 Å². The van der Waals surface area contributed by atoms with Crippen LogP contribution in [0, 0.1) is 0 Å². The number of carbonyl (C=O) groups excluding carboxylic acids is 2. The largest absolute Gasteiger partial charge is 0.456 e. The molecule has 1 heterocycles. The summed E-state index contributed by atoms with van der Waals surface area (Å²) in [7, 11) is -3.89. The number of nitrogens with one attached hydrogen (secondary N) is 1. The minimum atomic E-state index is -3.89. The predicted molar refractivity (Wildman–Crippen MR) is 89.5 cm³/mol. The minimum Gasteiger partial charge on any atom is -0.456 e. The Bertz CT molecular complexity index is 876. The lowest BCUT2D eigenvalue weighted by molar-refractivity contribution is -0.143. The number of esters is 1. The summed E-state index contributed by atoms with van der Waals surface area (Å²) in [6.07, 6.45) is 0.814. The van der Waals surface area contributed by atoms with Crippen LogP contribution in [0.25, 0.3) is 0 Å². The van der Waals surface area contributed by atoms with Crippen molar-refractivity contribution in [2.24, 2.45) is 0 Å². The van der Waals surface area contributed by atoms with Gasteiger partial charge >= 0.3 is 5.97 Å². The van der Waals surface area contributed by atoms with Gasteiger partial charge in [0.25, 0.3) is 0 Å². The number of nitrogens with zero attached hydrogens (tertiary/aromatic N) is 4. The Labute approximate surface area is 150 Å². The molecule has 0 saturated carbocycles. The van der Waals surface area contributed by atoms with Crippen molar-refractivity contribution >= 4 is 21.8 Å². The van der Waals surface area contributed by atoms with E-state index in [0.717, 1.165) is 6.42 Å². The molecule has 140 valence electrons. The number of sulfonamides is 1. The molecule has 10 nitrogen and oxygen atoms in total. The third-order valence-corrected chi connectivity index (χ3v) is 4.80.